The van der Waals surface area contributed by atoms with Crippen LogP contribution in [0.2, 0.25) is 0 Å². The average Bonchev–Trinajstić information content (AvgIpc) is 2.87. The van der Waals surface area contributed by atoms with Crippen molar-refractivity contribution in [2.75, 3.05) is 0 Å². The summed E-state index contributed by atoms with van der Waals surface area (Å²) >= 11 is 0. The van der Waals surface area contributed by atoms with Crippen LogP contribution in [-0.2, 0) is 0 Å². The number of nitrogens with two attached hydrogens (primary N) is 1. The van der Waals surface area contributed by atoms with Gasteiger partial charge in [0.1, 0.15) is 0 Å². The highest BCUT2D eigenvalue weighted by Gasteiger charge is 2.17. The lowest BCUT2D eigenvalue weighted by molar-refractivity contribution is 0.475. The van der Waals surface area contributed by atoms with Gasteiger partial charge >= 0.3 is 0 Å². The first-order valence-corrected chi connectivity index (χ1v) is 6.76. The van der Waals surface area contributed by atoms with Gasteiger partial charge in [0, 0.05) is 24.6 Å². The molecule has 2 rings (SSSR count). The van der Waals surface area contributed by atoms with Gasteiger partial charge < -0.3 is 10.3 Å². The average molecular weight is 258 g/mol. The lowest BCUT2D eigenvalue weighted by atomic mass is 10.0. The van der Waals surface area contributed by atoms with Crippen LogP contribution in [-0.4, -0.2) is 14.5 Å². The van der Waals surface area contributed by atoms with Gasteiger partial charge in [0.05, 0.1) is 18.1 Å². The standard InChI is InChI=1S/C15H22N4/c1-11(2)7-14(16)15-9-18-10-19(15)12(3)13-5-4-6-17-8-13/h4-6,8-12,14H,7,16H2,1-3H3. The lowest BCUT2D eigenvalue weighted by Crippen LogP contribution is -2.19. The molecule has 0 saturated carbocycles. The fourth-order valence-corrected chi connectivity index (χ4v) is 2.34. The quantitative estimate of drug-likeness (QED) is 0.897. The van der Waals surface area contributed by atoms with Crippen LogP contribution in [0.25, 0.3) is 0 Å². The third kappa shape index (κ3) is 3.20. The van der Waals surface area contributed by atoms with E-state index in [9.17, 15) is 0 Å². The van der Waals surface area contributed by atoms with Crippen molar-refractivity contribution in [1.82, 2.24) is 14.5 Å². The zero-order valence-electron chi connectivity index (χ0n) is 11.8. The van der Waals surface area contributed by atoms with E-state index in [-0.39, 0.29) is 12.1 Å². The molecule has 2 N–H and O–H groups in total. The molecule has 0 amide bonds. The van der Waals surface area contributed by atoms with Crippen molar-refractivity contribution in [1.29, 1.82) is 0 Å². The van der Waals surface area contributed by atoms with Crippen molar-refractivity contribution < 1.29 is 0 Å². The largest absolute Gasteiger partial charge is 0.326 e. The van der Waals surface area contributed by atoms with Crippen molar-refractivity contribution in [3.8, 4) is 0 Å². The van der Waals surface area contributed by atoms with Gasteiger partial charge in [0.2, 0.25) is 0 Å². The molecule has 4 nitrogen and oxygen atoms in total. The predicted octanol–water partition coefficient (Wildman–Crippen LogP) is 2.93. The van der Waals surface area contributed by atoms with Crippen LogP contribution in [0.15, 0.2) is 37.1 Å². The van der Waals surface area contributed by atoms with Crippen molar-refractivity contribution in [2.24, 2.45) is 11.7 Å². The number of aromatic nitrogens is 3. The molecule has 0 fully saturated rings. The van der Waals surface area contributed by atoms with Gasteiger partial charge in [0.15, 0.2) is 0 Å². The van der Waals surface area contributed by atoms with E-state index in [1.807, 2.05) is 24.8 Å². The zero-order chi connectivity index (χ0) is 13.8. The lowest BCUT2D eigenvalue weighted by Gasteiger charge is -2.21. The fraction of sp³-hybridized carbons (Fsp3) is 0.467. The van der Waals surface area contributed by atoms with Gasteiger partial charge in [-0.1, -0.05) is 19.9 Å². The summed E-state index contributed by atoms with van der Waals surface area (Å²) in [5.74, 6) is 0.576. The normalized spacial score (nSPS) is 14.6. The minimum Gasteiger partial charge on any atom is -0.326 e. The Balaban J connectivity index is 2.24. The van der Waals surface area contributed by atoms with Gasteiger partial charge in [-0.15, -0.1) is 0 Å². The number of rotatable bonds is 5. The molecule has 2 heterocycles. The molecule has 19 heavy (non-hydrogen) atoms. The summed E-state index contributed by atoms with van der Waals surface area (Å²) in [6, 6.07) is 4.26. The van der Waals surface area contributed by atoms with E-state index in [0.29, 0.717) is 5.92 Å². The molecular weight excluding hydrogens is 236 g/mol. The van der Waals surface area contributed by atoms with E-state index in [1.165, 1.54) is 5.56 Å². The Labute approximate surface area is 114 Å². The summed E-state index contributed by atoms with van der Waals surface area (Å²) in [6.07, 6.45) is 8.37. The maximum Gasteiger partial charge on any atom is 0.0954 e. The molecular formula is C15H22N4. The highest BCUT2D eigenvalue weighted by molar-refractivity contribution is 5.17. The van der Waals surface area contributed by atoms with Crippen molar-refractivity contribution >= 4 is 0 Å². The Kier molecular flexibility index (Phi) is 4.32. The number of imidazole rings is 1. The molecule has 0 aliphatic rings. The summed E-state index contributed by atoms with van der Waals surface area (Å²) in [7, 11) is 0. The SMILES string of the molecule is CC(C)CC(N)c1cncn1C(C)c1cccnc1. The van der Waals surface area contributed by atoms with E-state index in [2.05, 4.69) is 41.4 Å². The van der Waals surface area contributed by atoms with Crippen LogP contribution >= 0.6 is 0 Å². The van der Waals surface area contributed by atoms with E-state index in [4.69, 9.17) is 5.73 Å². The molecule has 2 aromatic heterocycles. The summed E-state index contributed by atoms with van der Waals surface area (Å²) in [6.45, 7) is 6.51. The predicted molar refractivity (Wildman–Crippen MR) is 76.7 cm³/mol. The second-order valence-corrected chi connectivity index (χ2v) is 5.42. The third-order valence-electron chi connectivity index (χ3n) is 3.39. The van der Waals surface area contributed by atoms with E-state index < -0.39 is 0 Å². The summed E-state index contributed by atoms with van der Waals surface area (Å²) in [5, 5.41) is 0. The van der Waals surface area contributed by atoms with Gasteiger partial charge in [-0.25, -0.2) is 4.98 Å². The molecule has 2 unspecified atom stereocenters. The van der Waals surface area contributed by atoms with Gasteiger partial charge in [-0.3, -0.25) is 4.98 Å². The van der Waals surface area contributed by atoms with Crippen LogP contribution in [0, 0.1) is 5.92 Å². The first-order chi connectivity index (χ1) is 9.09. The summed E-state index contributed by atoms with van der Waals surface area (Å²) in [5.41, 5.74) is 8.53. The topological polar surface area (TPSA) is 56.7 Å². The van der Waals surface area contributed by atoms with Crippen molar-refractivity contribution in [3.63, 3.8) is 0 Å². The minimum absolute atomic E-state index is 0.0293. The molecule has 0 aromatic carbocycles. The zero-order valence-corrected chi connectivity index (χ0v) is 11.8. The number of pyridine rings is 1. The van der Waals surface area contributed by atoms with E-state index in [0.717, 1.165) is 12.1 Å². The molecule has 0 spiro atoms. The van der Waals surface area contributed by atoms with Gasteiger partial charge in [-0.05, 0) is 30.9 Å². The number of hydrogen-bond donors (Lipinski definition) is 1. The molecule has 4 heteroatoms. The highest BCUT2D eigenvalue weighted by Crippen LogP contribution is 2.24. The summed E-state index contributed by atoms with van der Waals surface area (Å²) < 4.78 is 2.14. The smallest absolute Gasteiger partial charge is 0.0954 e. The first-order valence-electron chi connectivity index (χ1n) is 6.76. The molecule has 2 atom stereocenters. The molecule has 0 aliphatic carbocycles. The van der Waals surface area contributed by atoms with Crippen LogP contribution in [0.3, 0.4) is 0 Å². The van der Waals surface area contributed by atoms with E-state index in [1.54, 1.807) is 6.20 Å². The second-order valence-electron chi connectivity index (χ2n) is 5.42. The third-order valence-corrected chi connectivity index (χ3v) is 3.39. The maximum atomic E-state index is 6.28. The Hall–Kier alpha value is -1.68. The molecule has 2 aromatic rings. The van der Waals surface area contributed by atoms with Crippen molar-refractivity contribution in [3.05, 3.63) is 48.3 Å². The van der Waals surface area contributed by atoms with Gasteiger partial charge in [-0.2, -0.15) is 0 Å². The molecule has 0 aliphatic heterocycles. The molecule has 0 saturated heterocycles. The maximum absolute atomic E-state index is 6.28. The van der Waals surface area contributed by atoms with Crippen LogP contribution in [0.5, 0.6) is 0 Å². The van der Waals surface area contributed by atoms with Crippen molar-refractivity contribution in [2.45, 2.75) is 39.3 Å². The minimum atomic E-state index is 0.0293. The fourth-order valence-electron chi connectivity index (χ4n) is 2.34. The molecule has 102 valence electrons. The Morgan fingerprint density at radius 1 is 1.21 bits per heavy atom. The van der Waals surface area contributed by atoms with Crippen LogP contribution < -0.4 is 5.73 Å². The monoisotopic (exact) mass is 258 g/mol. The number of nitrogens with zero attached hydrogens (tertiary/aromatic N) is 3. The Bertz CT molecular complexity index is 504. The van der Waals surface area contributed by atoms with E-state index >= 15 is 0 Å². The second kappa shape index (κ2) is 5.97. The molecule has 0 radical (unpaired) electrons. The highest BCUT2D eigenvalue weighted by atomic mass is 15.1. The number of hydrogen-bond acceptors (Lipinski definition) is 3. The van der Waals surface area contributed by atoms with Crippen LogP contribution in [0.1, 0.15) is 50.5 Å². The Morgan fingerprint density at radius 2 is 2.00 bits per heavy atom. The Morgan fingerprint density at radius 3 is 2.63 bits per heavy atom. The van der Waals surface area contributed by atoms with Gasteiger partial charge in [0.25, 0.3) is 0 Å². The molecule has 0 bridgehead atoms. The van der Waals surface area contributed by atoms with Crippen LogP contribution in [0.4, 0.5) is 0 Å². The summed E-state index contributed by atoms with van der Waals surface area (Å²) in [4.78, 5) is 8.43. The first kappa shape index (κ1) is 13.7.